The molecular formula is C16H27NO2. The van der Waals surface area contributed by atoms with Crippen LogP contribution in [0, 0.1) is 5.92 Å². The number of hydrogen-bond acceptors (Lipinski definition) is 3. The minimum absolute atomic E-state index is 0.471. The van der Waals surface area contributed by atoms with E-state index in [0.29, 0.717) is 12.5 Å². The predicted molar refractivity (Wildman–Crippen MR) is 79.7 cm³/mol. The number of nitrogens with two attached hydrogens (primary N) is 1. The van der Waals surface area contributed by atoms with Gasteiger partial charge in [-0.15, -0.1) is 0 Å². The molecule has 1 aromatic rings. The van der Waals surface area contributed by atoms with E-state index in [9.17, 15) is 0 Å². The fourth-order valence-corrected chi connectivity index (χ4v) is 2.09. The van der Waals surface area contributed by atoms with Crippen LogP contribution in [0.2, 0.25) is 0 Å². The van der Waals surface area contributed by atoms with E-state index in [1.807, 2.05) is 18.2 Å². The highest BCUT2D eigenvalue weighted by Gasteiger charge is 2.09. The minimum Gasteiger partial charge on any atom is -0.497 e. The van der Waals surface area contributed by atoms with Gasteiger partial charge in [-0.25, -0.2) is 0 Å². The lowest BCUT2D eigenvalue weighted by atomic mass is 10.0. The quantitative estimate of drug-likeness (QED) is 0.739. The molecule has 3 nitrogen and oxygen atoms in total. The molecule has 0 fully saturated rings. The van der Waals surface area contributed by atoms with Gasteiger partial charge in [0.1, 0.15) is 11.5 Å². The number of rotatable bonds is 9. The van der Waals surface area contributed by atoms with Gasteiger partial charge in [0.25, 0.3) is 0 Å². The van der Waals surface area contributed by atoms with E-state index in [2.05, 4.69) is 13.8 Å². The molecule has 0 radical (unpaired) electrons. The van der Waals surface area contributed by atoms with E-state index in [4.69, 9.17) is 15.2 Å². The SMILES string of the molecule is CCCCC(CC)COc1ccc(OC)cc1CN. The van der Waals surface area contributed by atoms with Gasteiger partial charge >= 0.3 is 0 Å². The summed E-state index contributed by atoms with van der Waals surface area (Å²) in [7, 11) is 1.66. The highest BCUT2D eigenvalue weighted by molar-refractivity contribution is 5.40. The van der Waals surface area contributed by atoms with Crippen molar-refractivity contribution in [3.8, 4) is 11.5 Å². The second-order valence-electron chi connectivity index (χ2n) is 4.91. The van der Waals surface area contributed by atoms with Gasteiger partial charge in [-0.2, -0.15) is 0 Å². The van der Waals surface area contributed by atoms with Gasteiger partial charge in [-0.3, -0.25) is 0 Å². The van der Waals surface area contributed by atoms with Crippen LogP contribution in [0.15, 0.2) is 18.2 Å². The van der Waals surface area contributed by atoms with Gasteiger partial charge in [0.15, 0.2) is 0 Å². The maximum Gasteiger partial charge on any atom is 0.124 e. The zero-order chi connectivity index (χ0) is 14.1. The lowest BCUT2D eigenvalue weighted by Gasteiger charge is -2.17. The molecule has 2 N–H and O–H groups in total. The molecule has 3 heteroatoms. The smallest absolute Gasteiger partial charge is 0.124 e. The molecular weight excluding hydrogens is 238 g/mol. The first-order valence-corrected chi connectivity index (χ1v) is 7.24. The maximum absolute atomic E-state index is 5.94. The third-order valence-electron chi connectivity index (χ3n) is 3.51. The summed E-state index contributed by atoms with van der Waals surface area (Å²) in [5, 5.41) is 0. The van der Waals surface area contributed by atoms with Gasteiger partial charge in [0.05, 0.1) is 13.7 Å². The molecule has 0 saturated heterocycles. The van der Waals surface area contributed by atoms with Crippen molar-refractivity contribution in [3.05, 3.63) is 23.8 Å². The lowest BCUT2D eigenvalue weighted by Crippen LogP contribution is -2.13. The second kappa shape index (κ2) is 8.81. The number of methoxy groups -OCH3 is 1. The summed E-state index contributed by atoms with van der Waals surface area (Å²) in [5.74, 6) is 2.34. The lowest BCUT2D eigenvalue weighted by molar-refractivity contribution is 0.231. The zero-order valence-corrected chi connectivity index (χ0v) is 12.4. The zero-order valence-electron chi connectivity index (χ0n) is 12.4. The summed E-state index contributed by atoms with van der Waals surface area (Å²) in [5.41, 5.74) is 6.76. The molecule has 0 aromatic heterocycles. The topological polar surface area (TPSA) is 44.5 Å². The van der Waals surface area contributed by atoms with E-state index in [0.717, 1.165) is 30.1 Å². The van der Waals surface area contributed by atoms with Crippen molar-refractivity contribution in [2.45, 2.75) is 46.1 Å². The van der Waals surface area contributed by atoms with Crippen molar-refractivity contribution in [3.63, 3.8) is 0 Å². The van der Waals surface area contributed by atoms with Crippen molar-refractivity contribution in [2.75, 3.05) is 13.7 Å². The molecule has 0 aliphatic heterocycles. The molecule has 1 aromatic carbocycles. The predicted octanol–water partition coefficient (Wildman–Crippen LogP) is 3.75. The van der Waals surface area contributed by atoms with Gasteiger partial charge in [-0.05, 0) is 30.5 Å². The Labute approximate surface area is 117 Å². The molecule has 1 unspecified atom stereocenters. The number of hydrogen-bond donors (Lipinski definition) is 1. The summed E-state index contributed by atoms with van der Waals surface area (Å²) in [6.45, 7) is 5.69. The average Bonchev–Trinajstić information content (AvgIpc) is 2.47. The van der Waals surface area contributed by atoms with Crippen LogP contribution in [0.3, 0.4) is 0 Å². The fraction of sp³-hybridized carbons (Fsp3) is 0.625. The first-order valence-electron chi connectivity index (χ1n) is 7.24. The number of ether oxygens (including phenoxy) is 2. The Bertz CT molecular complexity index is 366. The number of unbranched alkanes of at least 4 members (excludes halogenated alkanes) is 1. The third-order valence-corrected chi connectivity index (χ3v) is 3.51. The molecule has 0 saturated carbocycles. The van der Waals surface area contributed by atoms with Crippen molar-refractivity contribution < 1.29 is 9.47 Å². The van der Waals surface area contributed by atoms with E-state index < -0.39 is 0 Å². The van der Waals surface area contributed by atoms with Crippen molar-refractivity contribution >= 4 is 0 Å². The molecule has 1 rings (SSSR count). The van der Waals surface area contributed by atoms with E-state index in [1.54, 1.807) is 7.11 Å². The van der Waals surface area contributed by atoms with Crippen molar-refractivity contribution in [1.29, 1.82) is 0 Å². The third kappa shape index (κ3) is 5.11. The van der Waals surface area contributed by atoms with Gasteiger partial charge in [0, 0.05) is 12.1 Å². The molecule has 19 heavy (non-hydrogen) atoms. The first-order chi connectivity index (χ1) is 9.24. The molecule has 0 amide bonds. The van der Waals surface area contributed by atoms with E-state index in [1.165, 1.54) is 19.3 Å². The Balaban J connectivity index is 2.60. The minimum atomic E-state index is 0.471. The largest absolute Gasteiger partial charge is 0.497 e. The van der Waals surface area contributed by atoms with Crippen LogP contribution in [0.25, 0.3) is 0 Å². The summed E-state index contributed by atoms with van der Waals surface area (Å²) in [6, 6.07) is 5.82. The Morgan fingerprint density at radius 1 is 1.26 bits per heavy atom. The van der Waals surface area contributed by atoms with Gasteiger partial charge in [-0.1, -0.05) is 33.1 Å². The molecule has 0 bridgehead atoms. The molecule has 0 aliphatic carbocycles. The highest BCUT2D eigenvalue weighted by atomic mass is 16.5. The fourth-order valence-electron chi connectivity index (χ4n) is 2.09. The average molecular weight is 265 g/mol. The van der Waals surface area contributed by atoms with E-state index in [-0.39, 0.29) is 0 Å². The summed E-state index contributed by atoms with van der Waals surface area (Å²) in [6.07, 6.45) is 4.91. The van der Waals surface area contributed by atoms with Crippen molar-refractivity contribution in [2.24, 2.45) is 11.7 Å². The molecule has 0 spiro atoms. The van der Waals surface area contributed by atoms with Gasteiger partial charge < -0.3 is 15.2 Å². The summed E-state index contributed by atoms with van der Waals surface area (Å²) >= 11 is 0. The molecule has 0 heterocycles. The normalized spacial score (nSPS) is 12.2. The Hall–Kier alpha value is -1.22. The Morgan fingerprint density at radius 3 is 2.63 bits per heavy atom. The highest BCUT2D eigenvalue weighted by Crippen LogP contribution is 2.25. The first kappa shape index (κ1) is 15.8. The van der Waals surface area contributed by atoms with Crippen molar-refractivity contribution in [1.82, 2.24) is 0 Å². The van der Waals surface area contributed by atoms with Gasteiger partial charge in [0.2, 0.25) is 0 Å². The van der Waals surface area contributed by atoms with Crippen LogP contribution in [0.4, 0.5) is 0 Å². The van der Waals surface area contributed by atoms with Crippen LogP contribution < -0.4 is 15.2 Å². The van der Waals surface area contributed by atoms with Crippen LogP contribution in [-0.2, 0) is 6.54 Å². The standard InChI is InChI=1S/C16H27NO2/c1-4-6-7-13(5-2)12-19-16-9-8-15(18-3)10-14(16)11-17/h8-10,13H,4-7,11-12,17H2,1-3H3. The van der Waals surface area contributed by atoms with Crippen LogP contribution in [0.1, 0.15) is 45.1 Å². The monoisotopic (exact) mass is 265 g/mol. The maximum atomic E-state index is 5.94. The Morgan fingerprint density at radius 2 is 2.05 bits per heavy atom. The molecule has 1 atom stereocenters. The summed E-state index contributed by atoms with van der Waals surface area (Å²) < 4.78 is 11.1. The van der Waals surface area contributed by atoms with E-state index >= 15 is 0 Å². The summed E-state index contributed by atoms with van der Waals surface area (Å²) in [4.78, 5) is 0. The van der Waals surface area contributed by atoms with Crippen LogP contribution >= 0.6 is 0 Å². The van der Waals surface area contributed by atoms with Crippen LogP contribution in [0.5, 0.6) is 11.5 Å². The number of benzene rings is 1. The molecule has 108 valence electrons. The van der Waals surface area contributed by atoms with Crippen LogP contribution in [-0.4, -0.2) is 13.7 Å². The molecule has 0 aliphatic rings. The second-order valence-corrected chi connectivity index (χ2v) is 4.91. The Kier molecular flexibility index (Phi) is 7.34.